The molecule has 2 fully saturated rings. The summed E-state index contributed by atoms with van der Waals surface area (Å²) in [7, 11) is 0. The van der Waals surface area contributed by atoms with Crippen molar-refractivity contribution in [2.45, 2.75) is 57.0 Å². The minimum atomic E-state index is 0.281. The molecule has 2 N–H and O–H groups in total. The topological polar surface area (TPSA) is 43.7 Å². The molecule has 0 saturated carbocycles. The van der Waals surface area contributed by atoms with Crippen LogP contribution in [0.1, 0.15) is 44.9 Å². The summed E-state index contributed by atoms with van der Waals surface area (Å²) < 4.78 is 0. The second-order valence-corrected chi connectivity index (χ2v) is 4.76. The Morgan fingerprint density at radius 3 is 2.53 bits per heavy atom. The van der Waals surface area contributed by atoms with Gasteiger partial charge in [-0.3, -0.25) is 0 Å². The molecule has 3 nitrogen and oxygen atoms in total. The van der Waals surface area contributed by atoms with E-state index in [0.717, 1.165) is 38.5 Å². The summed E-state index contributed by atoms with van der Waals surface area (Å²) in [5.74, 6) is 0. The van der Waals surface area contributed by atoms with Crippen LogP contribution in [-0.2, 0) is 0 Å². The molecule has 15 heavy (non-hydrogen) atoms. The maximum absolute atomic E-state index is 9.84. The van der Waals surface area contributed by atoms with Crippen LogP contribution in [0, 0.1) is 0 Å². The molecule has 0 radical (unpaired) electrons. The zero-order valence-electron chi connectivity index (χ0n) is 9.23. The van der Waals surface area contributed by atoms with Gasteiger partial charge in [0.25, 0.3) is 0 Å². The molecule has 2 heterocycles. The third-order valence-corrected chi connectivity index (χ3v) is 3.61. The summed E-state index contributed by atoms with van der Waals surface area (Å²) in [4.78, 5) is 0. The van der Waals surface area contributed by atoms with E-state index in [1.54, 1.807) is 5.06 Å². The summed E-state index contributed by atoms with van der Waals surface area (Å²) in [6.45, 7) is 0.281. The minimum Gasteiger partial charge on any atom is -0.396 e. The van der Waals surface area contributed by atoms with E-state index in [1.807, 2.05) is 0 Å². The Kier molecular flexibility index (Phi) is 3.78. The molecule has 2 bridgehead atoms. The average Bonchev–Trinajstić information content (AvgIpc) is 2.19. The van der Waals surface area contributed by atoms with Crippen molar-refractivity contribution in [1.82, 2.24) is 5.06 Å². The lowest BCUT2D eigenvalue weighted by molar-refractivity contribution is -0.185. The predicted octanol–water partition coefficient (Wildman–Crippen LogP) is 2.09. The van der Waals surface area contributed by atoms with Crippen LogP contribution in [0.2, 0.25) is 0 Å². The molecule has 0 aromatic heterocycles. The normalized spacial score (nSPS) is 31.7. The average molecular weight is 211 g/mol. The van der Waals surface area contributed by atoms with Gasteiger partial charge in [0.05, 0.1) is 0 Å². The van der Waals surface area contributed by atoms with Crippen molar-refractivity contribution in [3.8, 4) is 0 Å². The Morgan fingerprint density at radius 1 is 1.27 bits per heavy atom. The predicted molar refractivity (Wildman–Crippen MR) is 58.7 cm³/mol. The van der Waals surface area contributed by atoms with Gasteiger partial charge in [-0.15, -0.1) is 0 Å². The monoisotopic (exact) mass is 211 g/mol. The van der Waals surface area contributed by atoms with Gasteiger partial charge >= 0.3 is 0 Å². The van der Waals surface area contributed by atoms with E-state index in [-0.39, 0.29) is 6.61 Å². The molecule has 2 aliphatic rings. The summed E-state index contributed by atoms with van der Waals surface area (Å²) in [5.41, 5.74) is 1.49. The van der Waals surface area contributed by atoms with Crippen molar-refractivity contribution in [3.05, 3.63) is 11.6 Å². The molecular formula is C12H21NO2. The van der Waals surface area contributed by atoms with E-state index in [1.165, 1.54) is 12.0 Å². The Hall–Kier alpha value is -0.380. The Balaban J connectivity index is 1.92. The van der Waals surface area contributed by atoms with Gasteiger partial charge < -0.3 is 10.3 Å². The van der Waals surface area contributed by atoms with Crippen LogP contribution in [0.5, 0.6) is 0 Å². The molecule has 2 atom stereocenters. The lowest BCUT2D eigenvalue weighted by Crippen LogP contribution is -2.48. The number of unbranched alkanes of at least 4 members (excludes halogenated alkanes) is 1. The molecule has 0 aromatic rings. The lowest BCUT2D eigenvalue weighted by Gasteiger charge is -2.43. The minimum absolute atomic E-state index is 0.281. The van der Waals surface area contributed by atoms with Gasteiger partial charge in [-0.2, -0.15) is 5.06 Å². The SMILES string of the molecule is OCCCC=C1CC2CCCC(C1)N2O. The highest BCUT2D eigenvalue weighted by Crippen LogP contribution is 2.35. The molecule has 0 aliphatic carbocycles. The molecule has 0 spiro atoms. The maximum atomic E-state index is 9.84. The van der Waals surface area contributed by atoms with Crippen molar-refractivity contribution in [1.29, 1.82) is 0 Å². The summed E-state index contributed by atoms with van der Waals surface area (Å²) >= 11 is 0. The van der Waals surface area contributed by atoms with Crippen LogP contribution in [0.3, 0.4) is 0 Å². The van der Waals surface area contributed by atoms with Crippen molar-refractivity contribution >= 4 is 0 Å². The standard InChI is InChI=1S/C12H21NO2/c14-7-2-1-4-10-8-11-5-3-6-12(9-10)13(11)15/h4,11-12,14-15H,1-3,5-9H2. The quantitative estimate of drug-likeness (QED) is 0.555. The Morgan fingerprint density at radius 2 is 1.93 bits per heavy atom. The first-order valence-corrected chi connectivity index (χ1v) is 6.07. The number of hydrogen-bond donors (Lipinski definition) is 2. The zero-order chi connectivity index (χ0) is 10.7. The smallest absolute Gasteiger partial charge is 0.0433 e. The zero-order valence-corrected chi connectivity index (χ0v) is 9.23. The molecule has 2 saturated heterocycles. The summed E-state index contributed by atoms with van der Waals surface area (Å²) in [6, 6.07) is 0.718. The van der Waals surface area contributed by atoms with Gasteiger partial charge in [-0.05, 0) is 38.5 Å². The number of hydrogen-bond acceptors (Lipinski definition) is 3. The van der Waals surface area contributed by atoms with E-state index in [9.17, 15) is 5.21 Å². The largest absolute Gasteiger partial charge is 0.396 e. The number of allylic oxidation sites excluding steroid dienone is 1. The summed E-state index contributed by atoms with van der Waals surface area (Å²) in [6.07, 6.45) is 9.69. The van der Waals surface area contributed by atoms with E-state index in [2.05, 4.69) is 6.08 Å². The molecule has 2 rings (SSSR count). The third kappa shape index (κ3) is 2.60. The van der Waals surface area contributed by atoms with Crippen molar-refractivity contribution in [2.24, 2.45) is 0 Å². The van der Waals surface area contributed by atoms with Crippen LogP contribution in [-0.4, -0.2) is 34.1 Å². The molecular weight excluding hydrogens is 190 g/mol. The van der Waals surface area contributed by atoms with Gasteiger partial charge in [0.1, 0.15) is 0 Å². The van der Waals surface area contributed by atoms with Gasteiger partial charge in [-0.1, -0.05) is 18.1 Å². The Bertz CT molecular complexity index is 224. The number of fused-ring (bicyclic) bond motifs is 2. The van der Waals surface area contributed by atoms with Crippen molar-refractivity contribution in [2.75, 3.05) is 6.61 Å². The number of rotatable bonds is 3. The number of nitrogens with zero attached hydrogens (tertiary/aromatic N) is 1. The molecule has 3 heteroatoms. The van der Waals surface area contributed by atoms with Crippen LogP contribution >= 0.6 is 0 Å². The maximum Gasteiger partial charge on any atom is 0.0433 e. The molecule has 86 valence electrons. The highest BCUT2D eigenvalue weighted by molar-refractivity contribution is 5.11. The lowest BCUT2D eigenvalue weighted by atomic mass is 9.83. The fourth-order valence-corrected chi connectivity index (χ4v) is 2.80. The fraction of sp³-hybridized carbons (Fsp3) is 0.833. The first-order valence-electron chi connectivity index (χ1n) is 6.07. The number of aliphatic hydroxyl groups excluding tert-OH is 1. The number of piperidine rings is 2. The van der Waals surface area contributed by atoms with Crippen LogP contribution in [0.4, 0.5) is 0 Å². The highest BCUT2D eigenvalue weighted by atomic mass is 16.5. The molecule has 2 unspecified atom stereocenters. The van der Waals surface area contributed by atoms with Gasteiger partial charge in [-0.25, -0.2) is 0 Å². The first-order chi connectivity index (χ1) is 7.31. The van der Waals surface area contributed by atoms with E-state index in [0.29, 0.717) is 12.1 Å². The first kappa shape index (κ1) is 11.1. The van der Waals surface area contributed by atoms with E-state index >= 15 is 0 Å². The number of hydroxylamine groups is 2. The third-order valence-electron chi connectivity index (χ3n) is 3.61. The second-order valence-electron chi connectivity index (χ2n) is 4.76. The number of aliphatic hydroxyl groups is 1. The second kappa shape index (κ2) is 5.10. The fourth-order valence-electron chi connectivity index (χ4n) is 2.80. The van der Waals surface area contributed by atoms with Crippen molar-refractivity contribution < 1.29 is 10.3 Å². The van der Waals surface area contributed by atoms with Crippen LogP contribution < -0.4 is 0 Å². The van der Waals surface area contributed by atoms with Gasteiger partial charge in [0.15, 0.2) is 0 Å². The van der Waals surface area contributed by atoms with Crippen LogP contribution in [0.15, 0.2) is 11.6 Å². The van der Waals surface area contributed by atoms with Crippen molar-refractivity contribution in [3.63, 3.8) is 0 Å². The van der Waals surface area contributed by atoms with Gasteiger partial charge in [0.2, 0.25) is 0 Å². The van der Waals surface area contributed by atoms with Crippen LogP contribution in [0.25, 0.3) is 0 Å². The highest BCUT2D eigenvalue weighted by Gasteiger charge is 2.34. The van der Waals surface area contributed by atoms with Gasteiger partial charge in [0, 0.05) is 18.7 Å². The summed E-state index contributed by atoms with van der Waals surface area (Å²) in [5, 5.41) is 20.2. The molecule has 0 aromatic carbocycles. The Labute approximate surface area is 91.4 Å². The molecule has 0 amide bonds. The van der Waals surface area contributed by atoms with E-state index in [4.69, 9.17) is 5.11 Å². The molecule has 2 aliphatic heterocycles. The van der Waals surface area contributed by atoms with E-state index < -0.39 is 0 Å².